The summed E-state index contributed by atoms with van der Waals surface area (Å²) in [6.45, 7) is 2.82. The zero-order chi connectivity index (χ0) is 14.1. The largest absolute Gasteiger partial charge is 0.355 e. The highest BCUT2D eigenvalue weighted by Gasteiger charge is 2.28. The summed E-state index contributed by atoms with van der Waals surface area (Å²) in [5.74, 6) is 0.651. The van der Waals surface area contributed by atoms with Gasteiger partial charge >= 0.3 is 0 Å². The molecule has 0 bridgehead atoms. The summed E-state index contributed by atoms with van der Waals surface area (Å²) in [5, 5.41) is 4.45. The van der Waals surface area contributed by atoms with E-state index in [4.69, 9.17) is 0 Å². The van der Waals surface area contributed by atoms with Crippen molar-refractivity contribution in [1.82, 2.24) is 9.88 Å². The molecule has 0 spiro atoms. The highest BCUT2D eigenvalue weighted by Crippen LogP contribution is 2.39. The molecule has 1 heterocycles. The molecule has 1 aromatic carbocycles. The van der Waals surface area contributed by atoms with Crippen molar-refractivity contribution in [2.45, 2.75) is 38.5 Å². The number of rotatable bonds is 4. The van der Waals surface area contributed by atoms with Crippen LogP contribution >= 0.6 is 0 Å². The van der Waals surface area contributed by atoms with Gasteiger partial charge in [-0.2, -0.15) is 0 Å². The number of hydrogen-bond acceptors (Lipinski definition) is 1. The molecule has 0 radical (unpaired) electrons. The molecule has 1 atom stereocenters. The first kappa shape index (κ1) is 13.2. The van der Waals surface area contributed by atoms with E-state index >= 15 is 0 Å². The first-order valence-electron chi connectivity index (χ1n) is 7.55. The lowest BCUT2D eigenvalue weighted by Crippen LogP contribution is -2.27. The summed E-state index contributed by atoms with van der Waals surface area (Å²) in [6, 6.07) is 8.59. The van der Waals surface area contributed by atoms with E-state index in [1.807, 2.05) is 6.92 Å². The molecule has 0 fully saturated rings. The Hall–Kier alpha value is -1.77. The molecule has 3 nitrogen and oxygen atoms in total. The summed E-state index contributed by atoms with van der Waals surface area (Å²) < 4.78 is 2.32. The normalized spacial score (nSPS) is 17.4. The lowest BCUT2D eigenvalue weighted by atomic mass is 10.00. The van der Waals surface area contributed by atoms with Crippen LogP contribution in [0, 0.1) is 0 Å². The number of aryl methyl sites for hydroxylation is 1. The summed E-state index contributed by atoms with van der Waals surface area (Å²) in [5.41, 5.74) is 4.21. The van der Waals surface area contributed by atoms with Gasteiger partial charge in [-0.3, -0.25) is 4.79 Å². The molecule has 106 valence electrons. The Labute approximate surface area is 120 Å². The fourth-order valence-electron chi connectivity index (χ4n) is 3.45. The minimum absolute atomic E-state index is 0.182. The van der Waals surface area contributed by atoms with E-state index in [9.17, 15) is 4.79 Å². The fourth-order valence-corrected chi connectivity index (χ4v) is 3.45. The molecule has 1 N–H and O–H groups in total. The van der Waals surface area contributed by atoms with Crippen LogP contribution < -0.4 is 5.32 Å². The second-order valence-electron chi connectivity index (χ2n) is 5.73. The smallest absolute Gasteiger partial charge is 0.220 e. The van der Waals surface area contributed by atoms with Crippen molar-refractivity contribution >= 4 is 16.8 Å². The first-order chi connectivity index (χ1) is 9.72. The number of para-hydroxylation sites is 1. The molecular formula is C17H22N2O. The van der Waals surface area contributed by atoms with Crippen molar-refractivity contribution in [1.29, 1.82) is 0 Å². The predicted molar refractivity (Wildman–Crippen MR) is 81.9 cm³/mol. The molecular weight excluding hydrogens is 248 g/mol. The Bertz CT molecular complexity index is 642. The zero-order valence-electron chi connectivity index (χ0n) is 12.3. The number of carbonyl (C=O) groups is 1. The molecule has 3 rings (SSSR count). The number of nitrogens with one attached hydrogen (secondary N) is 1. The number of aromatic nitrogens is 1. The molecule has 1 aliphatic rings. The van der Waals surface area contributed by atoms with Crippen LogP contribution in [0.3, 0.4) is 0 Å². The minimum atomic E-state index is 0.182. The van der Waals surface area contributed by atoms with Crippen LogP contribution in [0.1, 0.15) is 43.4 Å². The van der Waals surface area contributed by atoms with Crippen molar-refractivity contribution in [2.24, 2.45) is 7.05 Å². The lowest BCUT2D eigenvalue weighted by molar-refractivity contribution is -0.121. The molecule has 0 saturated carbocycles. The number of fused-ring (bicyclic) bond motifs is 3. The van der Waals surface area contributed by atoms with Gasteiger partial charge in [0.2, 0.25) is 5.91 Å². The number of benzene rings is 1. The van der Waals surface area contributed by atoms with Crippen molar-refractivity contribution in [3.05, 3.63) is 35.5 Å². The predicted octanol–water partition coefficient (Wildman–Crippen LogP) is 3.12. The monoisotopic (exact) mass is 270 g/mol. The Kier molecular flexibility index (Phi) is 3.51. The molecule has 0 aliphatic heterocycles. The maximum absolute atomic E-state index is 11.7. The lowest BCUT2D eigenvalue weighted by Gasteiger charge is -2.12. The molecule has 1 unspecified atom stereocenters. The van der Waals surface area contributed by atoms with E-state index in [0.717, 1.165) is 25.8 Å². The fraction of sp³-hybridized carbons (Fsp3) is 0.471. The molecule has 20 heavy (non-hydrogen) atoms. The molecule has 1 aliphatic carbocycles. The first-order valence-corrected chi connectivity index (χ1v) is 7.55. The van der Waals surface area contributed by atoms with Crippen LogP contribution in [-0.2, 0) is 18.3 Å². The molecule has 0 saturated heterocycles. The Morgan fingerprint density at radius 2 is 2.20 bits per heavy atom. The molecule has 2 aromatic rings. The van der Waals surface area contributed by atoms with Crippen molar-refractivity contribution in [3.63, 3.8) is 0 Å². The minimum Gasteiger partial charge on any atom is -0.355 e. The third kappa shape index (κ3) is 2.11. The summed E-state index contributed by atoms with van der Waals surface area (Å²) >= 11 is 0. The third-order valence-electron chi connectivity index (χ3n) is 4.43. The molecule has 1 amide bonds. The standard InChI is InChI=1S/C17H22N2O/c1-3-6-16(20)18-11-12-9-10-15-17(12)13-7-4-5-8-14(13)19(15)2/h4-5,7-8,12H,3,6,9-11H2,1-2H3,(H,18,20). The Morgan fingerprint density at radius 3 is 3.00 bits per heavy atom. The number of nitrogens with zero attached hydrogens (tertiary/aromatic N) is 1. The Balaban J connectivity index is 1.86. The van der Waals surface area contributed by atoms with Crippen molar-refractivity contribution in [3.8, 4) is 0 Å². The van der Waals surface area contributed by atoms with Crippen LogP contribution in [0.25, 0.3) is 10.9 Å². The van der Waals surface area contributed by atoms with E-state index in [1.54, 1.807) is 0 Å². The van der Waals surface area contributed by atoms with Gasteiger partial charge in [-0.05, 0) is 30.9 Å². The van der Waals surface area contributed by atoms with E-state index in [1.165, 1.54) is 22.2 Å². The summed E-state index contributed by atoms with van der Waals surface area (Å²) in [7, 11) is 2.15. The number of carbonyl (C=O) groups excluding carboxylic acids is 1. The van der Waals surface area contributed by atoms with E-state index in [2.05, 4.69) is 41.2 Å². The van der Waals surface area contributed by atoms with Gasteiger partial charge in [0.15, 0.2) is 0 Å². The summed E-state index contributed by atoms with van der Waals surface area (Å²) in [6.07, 6.45) is 3.82. The van der Waals surface area contributed by atoms with Gasteiger partial charge in [-0.1, -0.05) is 25.1 Å². The van der Waals surface area contributed by atoms with E-state index in [-0.39, 0.29) is 5.91 Å². The van der Waals surface area contributed by atoms with Crippen LogP contribution in [0.2, 0.25) is 0 Å². The second-order valence-corrected chi connectivity index (χ2v) is 5.73. The topological polar surface area (TPSA) is 34.0 Å². The third-order valence-corrected chi connectivity index (χ3v) is 4.43. The van der Waals surface area contributed by atoms with Gasteiger partial charge in [0.1, 0.15) is 0 Å². The maximum atomic E-state index is 11.7. The average Bonchev–Trinajstić information content (AvgIpc) is 2.99. The average molecular weight is 270 g/mol. The highest BCUT2D eigenvalue weighted by atomic mass is 16.1. The van der Waals surface area contributed by atoms with Crippen molar-refractivity contribution < 1.29 is 4.79 Å². The van der Waals surface area contributed by atoms with Crippen LogP contribution in [0.15, 0.2) is 24.3 Å². The molecule has 1 aromatic heterocycles. The number of hydrogen-bond donors (Lipinski definition) is 1. The van der Waals surface area contributed by atoms with Crippen LogP contribution in [0.4, 0.5) is 0 Å². The van der Waals surface area contributed by atoms with E-state index in [0.29, 0.717) is 12.3 Å². The highest BCUT2D eigenvalue weighted by molar-refractivity contribution is 5.87. The zero-order valence-corrected chi connectivity index (χ0v) is 12.3. The van der Waals surface area contributed by atoms with Crippen LogP contribution in [-0.4, -0.2) is 17.0 Å². The molecule has 3 heteroatoms. The van der Waals surface area contributed by atoms with Gasteiger partial charge in [0, 0.05) is 42.5 Å². The maximum Gasteiger partial charge on any atom is 0.220 e. The SMILES string of the molecule is CCCC(=O)NCC1CCc2c1c1ccccc1n2C. The van der Waals surface area contributed by atoms with Gasteiger partial charge in [0.05, 0.1) is 0 Å². The van der Waals surface area contributed by atoms with Gasteiger partial charge in [-0.15, -0.1) is 0 Å². The Morgan fingerprint density at radius 1 is 1.40 bits per heavy atom. The van der Waals surface area contributed by atoms with E-state index < -0.39 is 0 Å². The van der Waals surface area contributed by atoms with Gasteiger partial charge in [0.25, 0.3) is 0 Å². The second kappa shape index (κ2) is 5.31. The number of amides is 1. The summed E-state index contributed by atoms with van der Waals surface area (Å²) in [4.78, 5) is 11.7. The quantitative estimate of drug-likeness (QED) is 0.910. The van der Waals surface area contributed by atoms with Crippen LogP contribution in [0.5, 0.6) is 0 Å². The van der Waals surface area contributed by atoms with Gasteiger partial charge < -0.3 is 9.88 Å². The van der Waals surface area contributed by atoms with Gasteiger partial charge in [-0.25, -0.2) is 0 Å². The van der Waals surface area contributed by atoms with Crippen molar-refractivity contribution in [2.75, 3.05) is 6.54 Å².